The molecule has 0 spiro atoms. The summed E-state index contributed by atoms with van der Waals surface area (Å²) in [5.41, 5.74) is 5.75. The maximum absolute atomic E-state index is 11.8. The summed E-state index contributed by atoms with van der Waals surface area (Å²) in [7, 11) is 3.69. The van der Waals surface area contributed by atoms with E-state index in [4.69, 9.17) is 5.73 Å². The number of aromatic nitrogens is 2. The van der Waals surface area contributed by atoms with Gasteiger partial charge < -0.3 is 15.2 Å². The fourth-order valence-corrected chi connectivity index (χ4v) is 1.37. The van der Waals surface area contributed by atoms with E-state index < -0.39 is 0 Å². The summed E-state index contributed by atoms with van der Waals surface area (Å²) < 4.78 is 1.91. The quantitative estimate of drug-likeness (QED) is 0.792. The minimum atomic E-state index is -0.0451. The Hall–Kier alpha value is -1.36. The first kappa shape index (κ1) is 12.7. The molecular formula is C11H20N4O. The maximum Gasteiger partial charge on any atom is 0.224 e. The summed E-state index contributed by atoms with van der Waals surface area (Å²) in [5, 5.41) is 0. The molecule has 5 nitrogen and oxygen atoms in total. The van der Waals surface area contributed by atoms with Crippen LogP contribution in [0.4, 0.5) is 0 Å². The van der Waals surface area contributed by atoms with E-state index >= 15 is 0 Å². The second-order valence-electron chi connectivity index (χ2n) is 4.08. The second-order valence-corrected chi connectivity index (χ2v) is 4.08. The Morgan fingerprint density at radius 2 is 2.38 bits per heavy atom. The lowest BCUT2D eigenvalue weighted by Gasteiger charge is -2.18. The highest BCUT2D eigenvalue weighted by molar-refractivity contribution is 5.76. The van der Waals surface area contributed by atoms with Crippen molar-refractivity contribution < 1.29 is 4.79 Å². The monoisotopic (exact) mass is 224 g/mol. The summed E-state index contributed by atoms with van der Waals surface area (Å²) in [6.07, 6.45) is 4.82. The molecule has 0 aliphatic rings. The molecule has 2 N–H and O–H groups in total. The van der Waals surface area contributed by atoms with E-state index in [1.54, 1.807) is 18.1 Å². The topological polar surface area (TPSA) is 64.2 Å². The SMILES string of the molecule is CCC(N)CC(=O)N(C)Cc1nccn1C. The number of imidazole rings is 1. The van der Waals surface area contributed by atoms with Crippen molar-refractivity contribution in [2.45, 2.75) is 32.4 Å². The van der Waals surface area contributed by atoms with Crippen LogP contribution in [0.15, 0.2) is 12.4 Å². The first-order chi connectivity index (χ1) is 7.54. The molecule has 1 aromatic heterocycles. The molecular weight excluding hydrogens is 204 g/mol. The highest BCUT2D eigenvalue weighted by Gasteiger charge is 2.14. The van der Waals surface area contributed by atoms with Gasteiger partial charge in [0.25, 0.3) is 0 Å². The van der Waals surface area contributed by atoms with Gasteiger partial charge in [-0.3, -0.25) is 4.79 Å². The van der Waals surface area contributed by atoms with Crippen molar-refractivity contribution in [1.82, 2.24) is 14.5 Å². The van der Waals surface area contributed by atoms with Gasteiger partial charge in [0, 0.05) is 39.0 Å². The van der Waals surface area contributed by atoms with Crippen molar-refractivity contribution in [3.63, 3.8) is 0 Å². The molecule has 0 saturated heterocycles. The normalized spacial score (nSPS) is 12.5. The summed E-state index contributed by atoms with van der Waals surface area (Å²) in [4.78, 5) is 17.6. The number of nitrogens with two attached hydrogens (primary N) is 1. The largest absolute Gasteiger partial charge is 0.338 e. The van der Waals surface area contributed by atoms with Crippen molar-refractivity contribution in [3.8, 4) is 0 Å². The molecule has 1 rings (SSSR count). The van der Waals surface area contributed by atoms with Crippen molar-refractivity contribution in [1.29, 1.82) is 0 Å². The van der Waals surface area contributed by atoms with Crippen molar-refractivity contribution in [2.24, 2.45) is 12.8 Å². The summed E-state index contributed by atoms with van der Waals surface area (Å²) in [6, 6.07) is -0.0451. The number of rotatable bonds is 5. The number of nitrogens with zero attached hydrogens (tertiary/aromatic N) is 3. The first-order valence-electron chi connectivity index (χ1n) is 5.50. The predicted molar refractivity (Wildman–Crippen MR) is 62.6 cm³/mol. The molecule has 1 aromatic rings. The fourth-order valence-electron chi connectivity index (χ4n) is 1.37. The van der Waals surface area contributed by atoms with Crippen LogP contribution < -0.4 is 5.73 Å². The molecule has 1 amide bonds. The van der Waals surface area contributed by atoms with Crippen molar-refractivity contribution in [2.75, 3.05) is 7.05 Å². The zero-order valence-electron chi connectivity index (χ0n) is 10.2. The van der Waals surface area contributed by atoms with Gasteiger partial charge in [0.05, 0.1) is 6.54 Å². The van der Waals surface area contributed by atoms with Crippen LogP contribution in [-0.4, -0.2) is 33.4 Å². The molecule has 1 atom stereocenters. The van der Waals surface area contributed by atoms with Gasteiger partial charge in [0.2, 0.25) is 5.91 Å². The number of hydrogen-bond acceptors (Lipinski definition) is 3. The average molecular weight is 224 g/mol. The smallest absolute Gasteiger partial charge is 0.224 e. The number of amides is 1. The molecule has 0 saturated carbocycles. The van der Waals surface area contributed by atoms with Crippen LogP contribution in [0.5, 0.6) is 0 Å². The minimum Gasteiger partial charge on any atom is -0.338 e. The first-order valence-corrected chi connectivity index (χ1v) is 5.50. The standard InChI is InChI=1S/C11H20N4O/c1-4-9(12)7-11(16)15(3)8-10-13-5-6-14(10)2/h5-6,9H,4,7-8,12H2,1-3H3. The van der Waals surface area contributed by atoms with E-state index in [0.29, 0.717) is 13.0 Å². The van der Waals surface area contributed by atoms with E-state index in [0.717, 1.165) is 12.2 Å². The Bertz CT molecular complexity index is 348. The molecule has 0 fully saturated rings. The van der Waals surface area contributed by atoms with Gasteiger partial charge in [-0.2, -0.15) is 0 Å². The lowest BCUT2D eigenvalue weighted by molar-refractivity contribution is -0.130. The Morgan fingerprint density at radius 1 is 1.69 bits per heavy atom. The van der Waals surface area contributed by atoms with E-state index in [1.165, 1.54) is 0 Å². The van der Waals surface area contributed by atoms with Crippen LogP contribution >= 0.6 is 0 Å². The molecule has 0 bridgehead atoms. The summed E-state index contributed by atoms with van der Waals surface area (Å²) >= 11 is 0. The molecule has 0 aliphatic carbocycles. The van der Waals surface area contributed by atoms with Gasteiger partial charge in [-0.05, 0) is 6.42 Å². The van der Waals surface area contributed by atoms with Gasteiger partial charge in [-0.1, -0.05) is 6.92 Å². The third-order valence-electron chi connectivity index (χ3n) is 2.69. The van der Waals surface area contributed by atoms with Gasteiger partial charge in [-0.25, -0.2) is 4.98 Å². The second kappa shape index (κ2) is 5.65. The van der Waals surface area contributed by atoms with Crippen LogP contribution in [0.1, 0.15) is 25.6 Å². The average Bonchev–Trinajstić information content (AvgIpc) is 2.64. The van der Waals surface area contributed by atoms with Gasteiger partial charge in [0.15, 0.2) is 0 Å². The van der Waals surface area contributed by atoms with Crippen molar-refractivity contribution >= 4 is 5.91 Å². The maximum atomic E-state index is 11.8. The van der Waals surface area contributed by atoms with E-state index in [-0.39, 0.29) is 11.9 Å². The summed E-state index contributed by atoms with van der Waals surface area (Å²) in [6.45, 7) is 2.51. The molecule has 0 radical (unpaired) electrons. The minimum absolute atomic E-state index is 0.0451. The van der Waals surface area contributed by atoms with Crippen LogP contribution in [0, 0.1) is 0 Å². The summed E-state index contributed by atoms with van der Waals surface area (Å²) in [5.74, 6) is 0.943. The molecule has 0 aromatic carbocycles. The van der Waals surface area contributed by atoms with Crippen LogP contribution in [-0.2, 0) is 18.4 Å². The molecule has 0 aliphatic heterocycles. The molecule has 5 heteroatoms. The Labute approximate surface area is 96.3 Å². The Morgan fingerprint density at radius 3 is 2.88 bits per heavy atom. The molecule has 90 valence electrons. The highest BCUT2D eigenvalue weighted by Crippen LogP contribution is 2.03. The third-order valence-corrected chi connectivity index (χ3v) is 2.69. The van der Waals surface area contributed by atoms with Crippen LogP contribution in [0.2, 0.25) is 0 Å². The molecule has 1 unspecified atom stereocenters. The van der Waals surface area contributed by atoms with Crippen LogP contribution in [0.3, 0.4) is 0 Å². The zero-order chi connectivity index (χ0) is 12.1. The number of carbonyl (C=O) groups excluding carboxylic acids is 1. The number of carbonyl (C=O) groups is 1. The zero-order valence-corrected chi connectivity index (χ0v) is 10.2. The Kier molecular flexibility index (Phi) is 4.49. The predicted octanol–water partition coefficient (Wildman–Crippen LogP) is 0.506. The van der Waals surface area contributed by atoms with E-state index in [2.05, 4.69) is 4.98 Å². The van der Waals surface area contributed by atoms with Gasteiger partial charge in [-0.15, -0.1) is 0 Å². The van der Waals surface area contributed by atoms with Crippen molar-refractivity contribution in [3.05, 3.63) is 18.2 Å². The lowest BCUT2D eigenvalue weighted by atomic mass is 10.1. The Balaban J connectivity index is 2.49. The number of hydrogen-bond donors (Lipinski definition) is 1. The van der Waals surface area contributed by atoms with E-state index in [1.807, 2.05) is 24.7 Å². The highest BCUT2D eigenvalue weighted by atomic mass is 16.2. The van der Waals surface area contributed by atoms with E-state index in [9.17, 15) is 4.79 Å². The number of aryl methyl sites for hydroxylation is 1. The molecule has 16 heavy (non-hydrogen) atoms. The van der Waals surface area contributed by atoms with Gasteiger partial charge in [0.1, 0.15) is 5.82 Å². The lowest BCUT2D eigenvalue weighted by Crippen LogP contribution is -2.33. The van der Waals surface area contributed by atoms with Crippen LogP contribution in [0.25, 0.3) is 0 Å². The third kappa shape index (κ3) is 3.34. The molecule has 1 heterocycles. The van der Waals surface area contributed by atoms with Gasteiger partial charge >= 0.3 is 0 Å². The fraction of sp³-hybridized carbons (Fsp3) is 0.636.